The van der Waals surface area contributed by atoms with E-state index in [0.717, 1.165) is 38.1 Å². The molecule has 1 unspecified atom stereocenters. The van der Waals surface area contributed by atoms with Crippen molar-refractivity contribution in [2.24, 2.45) is 0 Å². The topological polar surface area (TPSA) is 32.3 Å². The number of anilines is 1. The number of nitrogens with zero attached hydrogens (tertiary/aromatic N) is 1. The second-order valence-electron chi connectivity index (χ2n) is 5.28. The van der Waals surface area contributed by atoms with Crippen LogP contribution in [-0.4, -0.2) is 33.5 Å². The van der Waals surface area contributed by atoms with E-state index in [2.05, 4.69) is 10.2 Å². The molecule has 1 aliphatic rings. The number of carbonyl (C=O) groups excluding carboxylic acids is 1. The molecule has 0 aliphatic carbocycles. The van der Waals surface area contributed by atoms with Crippen molar-refractivity contribution in [3.05, 3.63) is 29.8 Å². The summed E-state index contributed by atoms with van der Waals surface area (Å²) in [6.07, 6.45) is -2.17. The molecule has 2 rings (SSSR count). The zero-order chi connectivity index (χ0) is 17.0. The van der Waals surface area contributed by atoms with Crippen LogP contribution < -0.4 is 5.32 Å². The van der Waals surface area contributed by atoms with Crippen LogP contribution in [0.25, 0.3) is 0 Å². The highest BCUT2D eigenvalue weighted by molar-refractivity contribution is 8.23. The first-order valence-electron chi connectivity index (χ1n) is 7.21. The summed E-state index contributed by atoms with van der Waals surface area (Å²) in [6.45, 7) is 3.56. The maximum atomic E-state index is 12.5. The van der Waals surface area contributed by atoms with Crippen LogP contribution in [0, 0.1) is 0 Å². The number of amides is 1. The summed E-state index contributed by atoms with van der Waals surface area (Å²) in [5, 5.41) is 2.20. The third-order valence-electron chi connectivity index (χ3n) is 3.49. The van der Waals surface area contributed by atoms with Crippen molar-refractivity contribution in [2.75, 3.05) is 18.4 Å². The second-order valence-corrected chi connectivity index (χ2v) is 7.26. The Hall–Kier alpha value is -1.28. The number of carbonyl (C=O) groups is 1. The molecule has 126 valence electrons. The van der Waals surface area contributed by atoms with Crippen molar-refractivity contribution in [3.8, 4) is 0 Å². The molecule has 1 aliphatic heterocycles. The summed E-state index contributed by atoms with van der Waals surface area (Å²) < 4.78 is 38.2. The van der Waals surface area contributed by atoms with E-state index in [-0.39, 0.29) is 5.91 Å². The van der Waals surface area contributed by atoms with Gasteiger partial charge in [0, 0.05) is 18.8 Å². The summed E-state index contributed by atoms with van der Waals surface area (Å²) in [4.78, 5) is 14.2. The largest absolute Gasteiger partial charge is 0.416 e. The van der Waals surface area contributed by atoms with Gasteiger partial charge < -0.3 is 10.2 Å². The van der Waals surface area contributed by atoms with Crippen LogP contribution in [0.4, 0.5) is 18.9 Å². The van der Waals surface area contributed by atoms with Gasteiger partial charge in [-0.05, 0) is 44.0 Å². The molecule has 1 aromatic rings. The predicted molar refractivity (Wildman–Crippen MR) is 90.5 cm³/mol. The Labute approximate surface area is 142 Å². The first kappa shape index (κ1) is 18.1. The third-order valence-corrected chi connectivity index (χ3v) is 5.07. The standard InChI is InChI=1S/C15H17F3N2OS2/c1-10(23-14(22)20-8-2-3-9-20)13(21)19-12-6-4-11(5-7-12)15(16,17)18/h4-7,10H,2-3,8-9H2,1H3,(H,19,21). The molecule has 3 nitrogen and oxygen atoms in total. The van der Waals surface area contributed by atoms with Crippen molar-refractivity contribution in [1.82, 2.24) is 4.90 Å². The Bertz CT molecular complexity index is 569. The minimum Gasteiger partial charge on any atom is -0.358 e. The van der Waals surface area contributed by atoms with Crippen molar-refractivity contribution in [1.29, 1.82) is 0 Å². The SMILES string of the molecule is CC(SC(=S)N1CCCC1)C(=O)Nc1ccc(C(F)(F)F)cc1. The van der Waals surface area contributed by atoms with Gasteiger partial charge in [-0.15, -0.1) is 0 Å². The Balaban J connectivity index is 1.89. The van der Waals surface area contributed by atoms with Gasteiger partial charge in [-0.3, -0.25) is 4.79 Å². The number of nitrogens with one attached hydrogen (secondary N) is 1. The van der Waals surface area contributed by atoms with E-state index < -0.39 is 17.0 Å². The van der Waals surface area contributed by atoms with Gasteiger partial charge in [0.1, 0.15) is 4.32 Å². The van der Waals surface area contributed by atoms with Crippen LogP contribution in [0.2, 0.25) is 0 Å². The van der Waals surface area contributed by atoms with Crippen molar-refractivity contribution >= 4 is 39.9 Å². The second kappa shape index (κ2) is 7.53. The number of hydrogen-bond donors (Lipinski definition) is 1. The molecule has 23 heavy (non-hydrogen) atoms. The lowest BCUT2D eigenvalue weighted by molar-refractivity contribution is -0.137. The van der Waals surface area contributed by atoms with Crippen LogP contribution in [0.15, 0.2) is 24.3 Å². The van der Waals surface area contributed by atoms with E-state index >= 15 is 0 Å². The van der Waals surface area contributed by atoms with Gasteiger partial charge in [0.25, 0.3) is 0 Å². The Morgan fingerprint density at radius 2 is 1.83 bits per heavy atom. The molecule has 0 aromatic heterocycles. The maximum absolute atomic E-state index is 12.5. The molecule has 1 N–H and O–H groups in total. The summed E-state index contributed by atoms with van der Waals surface area (Å²) in [5.74, 6) is -0.281. The zero-order valence-electron chi connectivity index (χ0n) is 12.5. The fourth-order valence-corrected chi connectivity index (χ4v) is 3.58. The molecule has 1 amide bonds. The van der Waals surface area contributed by atoms with Crippen LogP contribution >= 0.6 is 24.0 Å². The molecular weight excluding hydrogens is 345 g/mol. The van der Waals surface area contributed by atoms with Crippen molar-refractivity contribution < 1.29 is 18.0 Å². The van der Waals surface area contributed by atoms with Gasteiger partial charge in [-0.2, -0.15) is 13.2 Å². The molecule has 8 heteroatoms. The normalized spacial score (nSPS) is 16.3. The highest BCUT2D eigenvalue weighted by Gasteiger charge is 2.30. The molecule has 0 spiro atoms. The van der Waals surface area contributed by atoms with Crippen LogP contribution in [0.5, 0.6) is 0 Å². The number of halogens is 3. The number of benzene rings is 1. The minimum atomic E-state index is -4.38. The average Bonchev–Trinajstić information content (AvgIpc) is 3.01. The lowest BCUT2D eigenvalue weighted by Gasteiger charge is -2.20. The van der Waals surface area contributed by atoms with E-state index in [1.807, 2.05) is 0 Å². The zero-order valence-corrected chi connectivity index (χ0v) is 14.2. The van der Waals surface area contributed by atoms with Crippen molar-refractivity contribution in [2.45, 2.75) is 31.2 Å². The number of alkyl halides is 3. The predicted octanol–water partition coefficient (Wildman–Crippen LogP) is 4.15. The maximum Gasteiger partial charge on any atom is 0.416 e. The lowest BCUT2D eigenvalue weighted by Crippen LogP contribution is -2.29. The fraction of sp³-hybridized carbons (Fsp3) is 0.467. The van der Waals surface area contributed by atoms with E-state index in [1.165, 1.54) is 23.9 Å². The minimum absolute atomic E-state index is 0.281. The van der Waals surface area contributed by atoms with E-state index in [9.17, 15) is 18.0 Å². The van der Waals surface area contributed by atoms with Gasteiger partial charge in [0.05, 0.1) is 10.8 Å². The highest BCUT2D eigenvalue weighted by Crippen LogP contribution is 2.30. The summed E-state index contributed by atoms with van der Waals surface area (Å²) in [7, 11) is 0. The summed E-state index contributed by atoms with van der Waals surface area (Å²) in [5.41, 5.74) is -0.407. The number of thiocarbonyl (C=S) groups is 1. The molecule has 1 fully saturated rings. The molecule has 1 aromatic carbocycles. The smallest absolute Gasteiger partial charge is 0.358 e. The average molecular weight is 362 g/mol. The quantitative estimate of drug-likeness (QED) is 0.819. The fourth-order valence-electron chi connectivity index (χ4n) is 2.17. The first-order chi connectivity index (χ1) is 10.8. The van der Waals surface area contributed by atoms with E-state index in [0.29, 0.717) is 10.0 Å². The number of rotatable bonds is 3. The molecule has 0 saturated carbocycles. The molecule has 1 saturated heterocycles. The molecule has 1 atom stereocenters. The lowest BCUT2D eigenvalue weighted by atomic mass is 10.2. The van der Waals surface area contributed by atoms with Crippen LogP contribution in [0.1, 0.15) is 25.3 Å². The van der Waals surface area contributed by atoms with Gasteiger partial charge in [-0.1, -0.05) is 24.0 Å². The Kier molecular flexibility index (Phi) is 5.91. The summed E-state index contributed by atoms with van der Waals surface area (Å²) in [6, 6.07) is 4.39. The van der Waals surface area contributed by atoms with Crippen LogP contribution in [0.3, 0.4) is 0 Å². The number of likely N-dealkylation sites (tertiary alicyclic amines) is 1. The van der Waals surface area contributed by atoms with Gasteiger partial charge in [-0.25, -0.2) is 0 Å². The first-order valence-corrected chi connectivity index (χ1v) is 8.50. The number of hydrogen-bond acceptors (Lipinski definition) is 3. The van der Waals surface area contributed by atoms with Crippen LogP contribution in [-0.2, 0) is 11.0 Å². The Morgan fingerprint density at radius 1 is 1.26 bits per heavy atom. The Morgan fingerprint density at radius 3 is 2.35 bits per heavy atom. The molecule has 0 bridgehead atoms. The summed E-state index contributed by atoms with van der Waals surface area (Å²) >= 11 is 6.61. The highest BCUT2D eigenvalue weighted by atomic mass is 32.2. The van der Waals surface area contributed by atoms with E-state index in [4.69, 9.17) is 12.2 Å². The number of thioether (sulfide) groups is 1. The van der Waals surface area contributed by atoms with Gasteiger partial charge in [0.15, 0.2) is 0 Å². The molecule has 0 radical (unpaired) electrons. The molecule has 1 heterocycles. The van der Waals surface area contributed by atoms with E-state index in [1.54, 1.807) is 6.92 Å². The van der Waals surface area contributed by atoms with Gasteiger partial charge >= 0.3 is 6.18 Å². The molecular formula is C15H17F3N2OS2. The van der Waals surface area contributed by atoms with Crippen molar-refractivity contribution in [3.63, 3.8) is 0 Å². The van der Waals surface area contributed by atoms with Gasteiger partial charge in [0.2, 0.25) is 5.91 Å². The third kappa shape index (κ3) is 5.10. The monoisotopic (exact) mass is 362 g/mol.